The quantitative estimate of drug-likeness (QED) is 0.0647. The monoisotopic (exact) mass is 717 g/mol. The molecule has 280 valence electrons. The Morgan fingerprint density at radius 1 is 0.765 bits per heavy atom. The van der Waals surface area contributed by atoms with Crippen LogP contribution in [0.4, 0.5) is 8.78 Å². The number of aromatic nitrogens is 3. The molecule has 51 heavy (non-hydrogen) atoms. The first kappa shape index (κ1) is 39.5. The molecule has 3 heterocycles. The molecule has 1 fully saturated rings. The Kier molecular flexibility index (Phi) is 15.9. The van der Waals surface area contributed by atoms with Crippen LogP contribution in [0.3, 0.4) is 0 Å². The predicted molar refractivity (Wildman–Crippen MR) is 212 cm³/mol. The van der Waals surface area contributed by atoms with E-state index in [0.717, 1.165) is 42.6 Å². The second kappa shape index (κ2) is 20.5. The van der Waals surface area contributed by atoms with E-state index >= 15 is 8.78 Å². The molecule has 3 unspecified atom stereocenters. The minimum atomic E-state index is -3.12. The van der Waals surface area contributed by atoms with Crippen molar-refractivity contribution in [3.63, 3.8) is 0 Å². The summed E-state index contributed by atoms with van der Waals surface area (Å²) in [5.41, 5.74) is 2.24. The lowest BCUT2D eigenvalue weighted by Crippen LogP contribution is -2.30. The van der Waals surface area contributed by atoms with Crippen LogP contribution in [0, 0.1) is 17.8 Å². The van der Waals surface area contributed by atoms with Crippen molar-refractivity contribution >= 4 is 14.7 Å². The highest BCUT2D eigenvalue weighted by molar-refractivity contribution is 6.55. The maximum absolute atomic E-state index is 15.5. The molecule has 0 bridgehead atoms. The normalized spacial score (nSPS) is 17.9. The van der Waals surface area contributed by atoms with Crippen molar-refractivity contribution in [3.05, 3.63) is 54.5 Å². The van der Waals surface area contributed by atoms with E-state index in [0.29, 0.717) is 17.9 Å². The van der Waals surface area contributed by atoms with Crippen LogP contribution in [0.25, 0.3) is 22.6 Å². The summed E-state index contributed by atoms with van der Waals surface area (Å²) in [5, 5.41) is 1.43. The van der Waals surface area contributed by atoms with E-state index in [1.807, 2.05) is 12.4 Å². The van der Waals surface area contributed by atoms with Crippen molar-refractivity contribution in [3.8, 4) is 28.4 Å². The van der Waals surface area contributed by atoms with Gasteiger partial charge in [0, 0.05) is 18.0 Å². The van der Waals surface area contributed by atoms with Gasteiger partial charge in [-0.25, -0.2) is 15.0 Å². The summed E-state index contributed by atoms with van der Waals surface area (Å²) in [7, 11) is -0.445. The van der Waals surface area contributed by atoms with Gasteiger partial charge in [-0.1, -0.05) is 172 Å². The highest BCUT2D eigenvalue weighted by Crippen LogP contribution is 2.46. The van der Waals surface area contributed by atoms with Crippen LogP contribution in [-0.2, 0) is 5.92 Å². The number of hydrogen-bond acceptors (Lipinski definition) is 4. The van der Waals surface area contributed by atoms with E-state index in [2.05, 4.69) is 60.0 Å². The average Bonchev–Trinajstić information content (AvgIpc) is 3.93. The number of hydrogen-bond donors (Lipinski definition) is 0. The second-order valence-corrected chi connectivity index (χ2v) is 18.1. The van der Waals surface area contributed by atoms with Crippen LogP contribution in [0.15, 0.2) is 48.8 Å². The van der Waals surface area contributed by atoms with E-state index in [4.69, 9.17) is 4.74 Å². The Balaban J connectivity index is 1.06. The zero-order chi connectivity index (χ0) is 35.9. The van der Waals surface area contributed by atoms with Gasteiger partial charge in [0.25, 0.3) is 0 Å². The molecule has 1 saturated carbocycles. The molecular formula is C44H65F2N3OSi. The van der Waals surface area contributed by atoms with Crippen molar-refractivity contribution in [1.82, 2.24) is 15.0 Å². The third-order valence-electron chi connectivity index (χ3n) is 11.4. The standard InChI is InChI=1S/C44H65F2N3OSi/c1-4-5-11-18-33(2)19-14-15-20-34(3)29-30-51-40-23-17-16-22-37(40)36-31-47-43(48-32-36)38-27-28-39-42(49-38)44(45,46)41(50-39)24-13-10-8-6-7-9-12-21-35-25-26-35/h16-17,22-23,27-28,31-35,41H,4-15,18-21,24-26,29-30,51H2,1-3H3. The first-order chi connectivity index (χ1) is 24.8. The summed E-state index contributed by atoms with van der Waals surface area (Å²) in [6.07, 6.45) is 27.2. The fourth-order valence-corrected chi connectivity index (χ4v) is 10.0. The van der Waals surface area contributed by atoms with Gasteiger partial charge in [0.15, 0.2) is 17.6 Å². The molecule has 1 aromatic carbocycles. The highest BCUT2D eigenvalue weighted by Gasteiger charge is 2.52. The first-order valence-corrected chi connectivity index (χ1v) is 22.5. The molecule has 0 N–H and O–H groups in total. The van der Waals surface area contributed by atoms with E-state index in [-0.39, 0.29) is 11.4 Å². The molecule has 5 rings (SSSR count). The SMILES string of the molecule is CCCCCC(C)CCCCC(C)CC[SiH2]c1ccccc1-c1cnc(-c2ccc3c(n2)C(F)(F)C(CCCCCCCCCC2CC2)O3)nc1. The zero-order valence-electron chi connectivity index (χ0n) is 32.0. The van der Waals surface area contributed by atoms with Gasteiger partial charge in [0.1, 0.15) is 11.4 Å². The van der Waals surface area contributed by atoms with Gasteiger partial charge >= 0.3 is 5.92 Å². The van der Waals surface area contributed by atoms with E-state index in [9.17, 15) is 0 Å². The number of rotatable bonds is 25. The van der Waals surface area contributed by atoms with Gasteiger partial charge in [-0.3, -0.25) is 0 Å². The summed E-state index contributed by atoms with van der Waals surface area (Å²) >= 11 is 0. The molecular weight excluding hydrogens is 653 g/mol. The number of ether oxygens (including phenoxy) is 1. The smallest absolute Gasteiger partial charge is 0.329 e. The fourth-order valence-electron chi connectivity index (χ4n) is 7.86. The van der Waals surface area contributed by atoms with E-state index in [1.54, 1.807) is 12.1 Å². The number of nitrogens with zero attached hydrogens (tertiary/aromatic N) is 3. The molecule has 0 amide bonds. The minimum Gasteiger partial charge on any atom is -0.482 e. The maximum Gasteiger partial charge on any atom is 0.329 e. The number of pyridine rings is 1. The van der Waals surface area contributed by atoms with Crippen molar-refractivity contribution in [2.45, 2.75) is 167 Å². The summed E-state index contributed by atoms with van der Waals surface area (Å²) in [6, 6.07) is 13.2. The molecule has 0 saturated heterocycles. The van der Waals surface area contributed by atoms with E-state index < -0.39 is 21.5 Å². The topological polar surface area (TPSA) is 47.9 Å². The number of alkyl halides is 2. The Morgan fingerprint density at radius 2 is 1.39 bits per heavy atom. The molecule has 1 aliphatic heterocycles. The van der Waals surface area contributed by atoms with Gasteiger partial charge in [0.05, 0.1) is 9.52 Å². The van der Waals surface area contributed by atoms with Gasteiger partial charge in [-0.15, -0.1) is 0 Å². The van der Waals surface area contributed by atoms with E-state index in [1.165, 1.54) is 120 Å². The first-order valence-electron chi connectivity index (χ1n) is 20.8. The van der Waals surface area contributed by atoms with Gasteiger partial charge in [-0.05, 0) is 48.3 Å². The summed E-state index contributed by atoms with van der Waals surface area (Å²) in [6.45, 7) is 7.13. The Labute approximate surface area is 310 Å². The zero-order valence-corrected chi connectivity index (χ0v) is 33.4. The van der Waals surface area contributed by atoms with Gasteiger partial charge in [0.2, 0.25) is 0 Å². The van der Waals surface area contributed by atoms with Crippen molar-refractivity contribution in [1.29, 1.82) is 0 Å². The maximum atomic E-state index is 15.5. The molecule has 3 aromatic rings. The molecule has 7 heteroatoms. The third-order valence-corrected chi connectivity index (χ3v) is 13.3. The Bertz CT molecular complexity index is 1450. The lowest BCUT2D eigenvalue weighted by Gasteiger charge is -2.17. The molecule has 2 aromatic heterocycles. The van der Waals surface area contributed by atoms with Gasteiger partial charge in [-0.2, -0.15) is 8.78 Å². The largest absolute Gasteiger partial charge is 0.482 e. The Hall–Kier alpha value is -2.67. The highest BCUT2D eigenvalue weighted by atomic mass is 28.2. The number of halogens is 2. The molecule has 0 spiro atoms. The molecule has 2 aliphatic rings. The molecule has 0 radical (unpaired) electrons. The summed E-state index contributed by atoms with van der Waals surface area (Å²) in [5.74, 6) is 0.0780. The molecule has 4 nitrogen and oxygen atoms in total. The van der Waals surface area contributed by atoms with Crippen LogP contribution < -0.4 is 9.92 Å². The van der Waals surface area contributed by atoms with Crippen LogP contribution in [0.2, 0.25) is 6.04 Å². The number of benzene rings is 1. The molecule has 1 aliphatic carbocycles. The van der Waals surface area contributed by atoms with Crippen molar-refractivity contribution in [2.24, 2.45) is 17.8 Å². The molecule has 3 atom stereocenters. The minimum absolute atomic E-state index is 0.182. The van der Waals surface area contributed by atoms with Crippen molar-refractivity contribution in [2.75, 3.05) is 0 Å². The van der Waals surface area contributed by atoms with Crippen LogP contribution in [0.1, 0.15) is 155 Å². The second-order valence-electron chi connectivity index (χ2n) is 16.1. The summed E-state index contributed by atoms with van der Waals surface area (Å²) < 4.78 is 36.7. The Morgan fingerprint density at radius 3 is 2.08 bits per heavy atom. The average molecular weight is 718 g/mol. The van der Waals surface area contributed by atoms with Crippen LogP contribution >= 0.6 is 0 Å². The number of fused-ring (bicyclic) bond motifs is 1. The lowest BCUT2D eigenvalue weighted by molar-refractivity contribution is -0.0818. The third kappa shape index (κ3) is 12.5. The lowest BCUT2D eigenvalue weighted by atomic mass is 9.94. The fraction of sp³-hybridized carbons (Fsp3) is 0.659. The van der Waals surface area contributed by atoms with Crippen molar-refractivity contribution < 1.29 is 13.5 Å². The number of unbranched alkanes of at least 4 members (excludes halogenated alkanes) is 9. The van der Waals surface area contributed by atoms with Crippen LogP contribution in [-0.4, -0.2) is 30.6 Å². The van der Waals surface area contributed by atoms with Gasteiger partial charge < -0.3 is 4.74 Å². The summed E-state index contributed by atoms with van der Waals surface area (Å²) in [4.78, 5) is 13.6. The van der Waals surface area contributed by atoms with Crippen LogP contribution in [0.5, 0.6) is 5.75 Å². The predicted octanol–water partition coefficient (Wildman–Crippen LogP) is 12.0.